The molecule has 0 saturated carbocycles. The van der Waals surface area contributed by atoms with Crippen LogP contribution in [-0.4, -0.2) is 11.7 Å². The molecule has 80 valence electrons. The number of rotatable bonds is 9. The maximum atomic E-state index is 8.53. The van der Waals surface area contributed by atoms with Crippen molar-refractivity contribution in [1.82, 2.24) is 6.15 Å². The summed E-state index contributed by atoms with van der Waals surface area (Å²) in [4.78, 5) is 0. The molecule has 0 aromatic heterocycles. The Morgan fingerprint density at radius 1 is 0.846 bits per heavy atom. The topological polar surface area (TPSA) is 55.2 Å². The fourth-order valence-electron chi connectivity index (χ4n) is 1.28. The van der Waals surface area contributed by atoms with Gasteiger partial charge in [0.2, 0.25) is 0 Å². The molecule has 0 bridgehead atoms. The lowest BCUT2D eigenvalue weighted by Gasteiger charge is -1.99. The molecule has 0 aromatic rings. The minimum atomic E-state index is 0. The number of hydrogen-bond donors (Lipinski definition) is 2. The van der Waals surface area contributed by atoms with Crippen LogP contribution in [0.3, 0.4) is 0 Å². The first-order valence-corrected chi connectivity index (χ1v) is 5.13. The van der Waals surface area contributed by atoms with Gasteiger partial charge in [-0.05, 0) is 19.3 Å². The molecular weight excluding hydrogens is 162 g/mol. The van der Waals surface area contributed by atoms with E-state index in [-0.39, 0.29) is 6.15 Å². The van der Waals surface area contributed by atoms with Gasteiger partial charge in [0.05, 0.1) is 0 Å². The van der Waals surface area contributed by atoms with Crippen molar-refractivity contribution in [3.63, 3.8) is 0 Å². The highest BCUT2D eigenvalue weighted by Crippen LogP contribution is 2.08. The summed E-state index contributed by atoms with van der Waals surface area (Å²) in [5.74, 6) is 0. The van der Waals surface area contributed by atoms with E-state index in [0.29, 0.717) is 6.61 Å². The second kappa shape index (κ2) is 14.2. The Morgan fingerprint density at radius 2 is 1.31 bits per heavy atom. The highest BCUT2D eigenvalue weighted by Gasteiger charge is 1.89. The molecule has 0 unspecified atom stereocenters. The summed E-state index contributed by atoms with van der Waals surface area (Å²) in [7, 11) is 0. The van der Waals surface area contributed by atoms with Crippen molar-refractivity contribution in [1.29, 1.82) is 0 Å². The van der Waals surface area contributed by atoms with Crippen LogP contribution in [0.15, 0.2) is 12.7 Å². The van der Waals surface area contributed by atoms with Crippen molar-refractivity contribution in [3.05, 3.63) is 12.7 Å². The maximum Gasteiger partial charge on any atom is 0.0431 e. The molecule has 0 amide bonds. The van der Waals surface area contributed by atoms with Gasteiger partial charge in [-0.2, -0.15) is 0 Å². The van der Waals surface area contributed by atoms with Crippen molar-refractivity contribution in [2.24, 2.45) is 0 Å². The molecular formula is C11H25NO. The summed E-state index contributed by atoms with van der Waals surface area (Å²) in [5, 5.41) is 8.53. The van der Waals surface area contributed by atoms with Crippen molar-refractivity contribution < 1.29 is 5.11 Å². The number of allylic oxidation sites excluding steroid dienone is 1. The number of unbranched alkanes of at least 4 members (excludes halogenated alkanes) is 7. The quantitative estimate of drug-likeness (QED) is 0.429. The first-order chi connectivity index (χ1) is 5.91. The van der Waals surface area contributed by atoms with Crippen LogP contribution in [0, 0.1) is 0 Å². The summed E-state index contributed by atoms with van der Waals surface area (Å²) in [5.41, 5.74) is 0. The third-order valence-corrected chi connectivity index (χ3v) is 2.07. The summed E-state index contributed by atoms with van der Waals surface area (Å²) in [6.07, 6.45) is 11.9. The van der Waals surface area contributed by atoms with Crippen LogP contribution in [-0.2, 0) is 0 Å². The first-order valence-electron chi connectivity index (χ1n) is 5.13. The van der Waals surface area contributed by atoms with Gasteiger partial charge < -0.3 is 11.3 Å². The molecule has 2 nitrogen and oxygen atoms in total. The minimum absolute atomic E-state index is 0. The van der Waals surface area contributed by atoms with E-state index < -0.39 is 0 Å². The summed E-state index contributed by atoms with van der Waals surface area (Å²) < 4.78 is 0. The second-order valence-corrected chi connectivity index (χ2v) is 3.28. The lowest BCUT2D eigenvalue weighted by atomic mass is 10.1. The number of aliphatic hydroxyl groups excluding tert-OH is 1. The lowest BCUT2D eigenvalue weighted by molar-refractivity contribution is 0.282. The molecule has 0 heterocycles. The maximum absolute atomic E-state index is 8.53. The van der Waals surface area contributed by atoms with E-state index in [4.69, 9.17) is 5.11 Å². The van der Waals surface area contributed by atoms with Crippen LogP contribution < -0.4 is 6.15 Å². The van der Waals surface area contributed by atoms with Crippen molar-refractivity contribution in [2.45, 2.75) is 51.4 Å². The molecule has 0 aliphatic carbocycles. The van der Waals surface area contributed by atoms with Gasteiger partial charge >= 0.3 is 0 Å². The molecule has 0 atom stereocenters. The fourth-order valence-corrected chi connectivity index (χ4v) is 1.28. The van der Waals surface area contributed by atoms with Crippen molar-refractivity contribution in [2.75, 3.05) is 6.61 Å². The molecule has 0 spiro atoms. The van der Waals surface area contributed by atoms with E-state index in [9.17, 15) is 0 Å². The Labute approximate surface area is 82.6 Å². The second-order valence-electron chi connectivity index (χ2n) is 3.28. The lowest BCUT2D eigenvalue weighted by Crippen LogP contribution is -1.83. The van der Waals surface area contributed by atoms with Gasteiger partial charge in [0.15, 0.2) is 0 Å². The fraction of sp³-hybridized carbons (Fsp3) is 0.818. The van der Waals surface area contributed by atoms with E-state index in [0.717, 1.165) is 12.8 Å². The molecule has 0 aliphatic rings. The molecule has 0 saturated heterocycles. The van der Waals surface area contributed by atoms with Gasteiger partial charge in [-0.15, -0.1) is 6.58 Å². The Morgan fingerprint density at radius 3 is 1.77 bits per heavy atom. The summed E-state index contributed by atoms with van der Waals surface area (Å²) in [6, 6.07) is 0. The van der Waals surface area contributed by atoms with Crippen molar-refractivity contribution >= 4 is 0 Å². The standard InChI is InChI=1S/C11H22O.H3N/c1-2-3-4-5-6-7-8-9-10-11-12;/h2,12H,1,3-11H2;1H3. The van der Waals surface area contributed by atoms with E-state index in [1.165, 1.54) is 38.5 Å². The Kier molecular flexibility index (Phi) is 16.5. The van der Waals surface area contributed by atoms with Gasteiger partial charge in [-0.1, -0.05) is 38.2 Å². The first kappa shape index (κ1) is 15.1. The normalized spacial score (nSPS) is 9.31. The average molecular weight is 187 g/mol. The van der Waals surface area contributed by atoms with Gasteiger partial charge in [0.25, 0.3) is 0 Å². The molecule has 0 rings (SSSR count). The average Bonchev–Trinajstić information content (AvgIpc) is 2.10. The van der Waals surface area contributed by atoms with Crippen LogP contribution >= 0.6 is 0 Å². The Balaban J connectivity index is 0. The van der Waals surface area contributed by atoms with Gasteiger partial charge in [0.1, 0.15) is 0 Å². The third kappa shape index (κ3) is 14.5. The van der Waals surface area contributed by atoms with E-state index in [2.05, 4.69) is 6.58 Å². The van der Waals surface area contributed by atoms with E-state index >= 15 is 0 Å². The largest absolute Gasteiger partial charge is 0.396 e. The molecule has 0 aromatic carbocycles. The number of hydrogen-bond acceptors (Lipinski definition) is 2. The van der Waals surface area contributed by atoms with Crippen molar-refractivity contribution in [3.8, 4) is 0 Å². The summed E-state index contributed by atoms with van der Waals surface area (Å²) in [6.45, 7) is 4.05. The molecule has 0 aliphatic heterocycles. The van der Waals surface area contributed by atoms with Crippen LogP contribution in [0.2, 0.25) is 0 Å². The minimum Gasteiger partial charge on any atom is -0.396 e. The van der Waals surface area contributed by atoms with Gasteiger partial charge in [0, 0.05) is 6.61 Å². The Hall–Kier alpha value is -0.340. The summed E-state index contributed by atoms with van der Waals surface area (Å²) >= 11 is 0. The highest BCUT2D eigenvalue weighted by atomic mass is 16.2. The predicted molar refractivity (Wildman–Crippen MR) is 59.2 cm³/mol. The SMILES string of the molecule is C=CCCCCCCCCCO.N. The molecule has 4 N–H and O–H groups in total. The van der Waals surface area contributed by atoms with E-state index in [1.54, 1.807) is 0 Å². The van der Waals surface area contributed by atoms with Crippen LogP contribution in [0.5, 0.6) is 0 Å². The van der Waals surface area contributed by atoms with Crippen LogP contribution in [0.1, 0.15) is 51.4 Å². The zero-order valence-electron chi connectivity index (χ0n) is 8.80. The molecule has 0 radical (unpaired) electrons. The van der Waals surface area contributed by atoms with E-state index in [1.807, 2.05) is 6.08 Å². The number of aliphatic hydroxyl groups is 1. The predicted octanol–water partition coefficient (Wildman–Crippen LogP) is 3.45. The molecule has 2 heteroatoms. The zero-order valence-corrected chi connectivity index (χ0v) is 8.80. The van der Waals surface area contributed by atoms with Gasteiger partial charge in [-0.25, -0.2) is 0 Å². The van der Waals surface area contributed by atoms with Crippen LogP contribution in [0.4, 0.5) is 0 Å². The monoisotopic (exact) mass is 187 g/mol. The Bertz CT molecular complexity index is 94.1. The third-order valence-electron chi connectivity index (χ3n) is 2.07. The highest BCUT2D eigenvalue weighted by molar-refractivity contribution is 4.65. The zero-order chi connectivity index (χ0) is 9.07. The van der Waals surface area contributed by atoms with Crippen LogP contribution in [0.25, 0.3) is 0 Å². The molecule has 0 fully saturated rings. The van der Waals surface area contributed by atoms with Gasteiger partial charge in [-0.3, -0.25) is 0 Å². The molecule has 13 heavy (non-hydrogen) atoms. The smallest absolute Gasteiger partial charge is 0.0431 e.